The first-order chi connectivity index (χ1) is 8.78. The number of nitrogens with zero attached hydrogens (tertiary/aromatic N) is 2. The molecule has 106 valence electrons. The number of ether oxygens (including phenoxy) is 1. The molecule has 0 spiro atoms. The fourth-order valence-corrected chi connectivity index (χ4v) is 3.51. The number of nitriles is 1. The number of carbonyl (C=O) groups is 1. The van der Waals surface area contributed by atoms with Crippen LogP contribution in [0.4, 0.5) is 4.79 Å². The van der Waals surface area contributed by atoms with Crippen molar-refractivity contribution in [1.29, 1.82) is 5.26 Å². The summed E-state index contributed by atoms with van der Waals surface area (Å²) in [7, 11) is 0. The first-order valence-electron chi connectivity index (χ1n) is 7.20. The number of likely N-dealkylation sites (tertiary alicyclic amines) is 1. The minimum absolute atomic E-state index is 0.304. The highest BCUT2D eigenvalue weighted by Gasteiger charge is 2.54. The molecule has 1 aliphatic heterocycles. The largest absolute Gasteiger partial charge is 0.444 e. The molecule has 0 aromatic heterocycles. The molecule has 0 radical (unpaired) electrons. The van der Waals surface area contributed by atoms with Gasteiger partial charge in [0.05, 0.1) is 6.07 Å². The molecule has 0 aromatic carbocycles. The molecule has 3 unspecified atom stereocenters. The third-order valence-electron chi connectivity index (χ3n) is 4.45. The third kappa shape index (κ3) is 2.56. The lowest BCUT2D eigenvalue weighted by Gasteiger charge is -2.35. The molecule has 1 amide bonds. The van der Waals surface area contributed by atoms with Crippen LogP contribution in [0.3, 0.4) is 0 Å². The van der Waals surface area contributed by atoms with Crippen LogP contribution in [-0.2, 0) is 4.74 Å². The van der Waals surface area contributed by atoms with Crippen molar-refractivity contribution in [3.63, 3.8) is 0 Å². The van der Waals surface area contributed by atoms with Gasteiger partial charge in [-0.25, -0.2) is 4.79 Å². The first-order valence-corrected chi connectivity index (χ1v) is 7.20. The van der Waals surface area contributed by atoms with Gasteiger partial charge in [0.25, 0.3) is 0 Å². The quantitative estimate of drug-likeness (QED) is 0.674. The van der Waals surface area contributed by atoms with Crippen LogP contribution in [0.1, 0.15) is 53.4 Å². The van der Waals surface area contributed by atoms with E-state index in [2.05, 4.69) is 6.07 Å². The van der Waals surface area contributed by atoms with Crippen molar-refractivity contribution in [2.24, 2.45) is 11.8 Å². The maximum atomic E-state index is 12.3. The Morgan fingerprint density at radius 1 is 1.37 bits per heavy atom. The lowest BCUT2D eigenvalue weighted by atomic mass is 9.73. The van der Waals surface area contributed by atoms with Gasteiger partial charge in [0.1, 0.15) is 11.1 Å². The third-order valence-corrected chi connectivity index (χ3v) is 4.45. The van der Waals surface area contributed by atoms with Crippen molar-refractivity contribution in [3.8, 4) is 6.07 Å². The molecule has 1 saturated carbocycles. The molecule has 2 rings (SSSR count). The van der Waals surface area contributed by atoms with E-state index in [1.807, 2.05) is 27.7 Å². The molecule has 4 nitrogen and oxygen atoms in total. The highest BCUT2D eigenvalue weighted by Crippen LogP contribution is 2.46. The summed E-state index contributed by atoms with van der Waals surface area (Å²) < 4.78 is 5.46. The highest BCUT2D eigenvalue weighted by atomic mass is 16.6. The van der Waals surface area contributed by atoms with Gasteiger partial charge < -0.3 is 4.74 Å². The maximum Gasteiger partial charge on any atom is 0.411 e. The summed E-state index contributed by atoms with van der Waals surface area (Å²) in [5.41, 5.74) is -1.21. The second-order valence-corrected chi connectivity index (χ2v) is 7.00. The van der Waals surface area contributed by atoms with Crippen LogP contribution in [0.5, 0.6) is 0 Å². The SMILES string of the molecule is CC(C)(C)OC(=O)N1CC2CCCCC2C1(C)C#N. The monoisotopic (exact) mass is 264 g/mol. The van der Waals surface area contributed by atoms with Gasteiger partial charge in [-0.05, 0) is 46.5 Å². The van der Waals surface area contributed by atoms with Gasteiger partial charge in [-0.15, -0.1) is 0 Å². The van der Waals surface area contributed by atoms with Crippen molar-refractivity contribution in [3.05, 3.63) is 0 Å². The molecule has 0 aromatic rings. The average Bonchev–Trinajstić information content (AvgIpc) is 2.62. The number of hydrogen-bond acceptors (Lipinski definition) is 3. The first kappa shape index (κ1) is 14.2. The molecule has 1 aliphatic carbocycles. The van der Waals surface area contributed by atoms with Crippen molar-refractivity contribution in [2.75, 3.05) is 6.54 Å². The summed E-state index contributed by atoms with van der Waals surface area (Å²) in [6, 6.07) is 2.38. The van der Waals surface area contributed by atoms with E-state index in [4.69, 9.17) is 4.74 Å². The summed E-state index contributed by atoms with van der Waals surface area (Å²) in [6.45, 7) is 8.14. The molecule has 1 saturated heterocycles. The number of fused-ring (bicyclic) bond motifs is 1. The normalized spacial score (nSPS) is 34.6. The molecular weight excluding hydrogens is 240 g/mol. The molecule has 2 aliphatic rings. The number of hydrogen-bond donors (Lipinski definition) is 0. The lowest BCUT2D eigenvalue weighted by molar-refractivity contribution is 0.0142. The van der Waals surface area contributed by atoms with Crippen LogP contribution in [0, 0.1) is 23.2 Å². The Kier molecular flexibility index (Phi) is 3.51. The second kappa shape index (κ2) is 4.70. The van der Waals surface area contributed by atoms with E-state index in [9.17, 15) is 10.1 Å². The number of amides is 1. The fourth-order valence-electron chi connectivity index (χ4n) is 3.51. The number of carbonyl (C=O) groups excluding carboxylic acids is 1. The summed E-state index contributed by atoms with van der Waals surface area (Å²) in [4.78, 5) is 14.0. The Labute approximate surface area is 115 Å². The summed E-state index contributed by atoms with van der Waals surface area (Å²) >= 11 is 0. The fraction of sp³-hybridized carbons (Fsp3) is 0.867. The molecule has 0 bridgehead atoms. The van der Waals surface area contributed by atoms with Crippen LogP contribution in [0.15, 0.2) is 0 Å². The van der Waals surface area contributed by atoms with Gasteiger partial charge in [0, 0.05) is 12.5 Å². The Morgan fingerprint density at radius 2 is 2.00 bits per heavy atom. The van der Waals surface area contributed by atoms with Crippen LogP contribution in [0.25, 0.3) is 0 Å². The minimum Gasteiger partial charge on any atom is -0.444 e. The summed E-state index contributed by atoms with van der Waals surface area (Å²) in [5.74, 6) is 0.768. The van der Waals surface area contributed by atoms with E-state index in [-0.39, 0.29) is 6.09 Å². The Balaban J connectivity index is 2.21. The van der Waals surface area contributed by atoms with Crippen LogP contribution >= 0.6 is 0 Å². The van der Waals surface area contributed by atoms with Gasteiger partial charge in [-0.3, -0.25) is 4.90 Å². The highest BCUT2D eigenvalue weighted by molar-refractivity contribution is 5.70. The summed E-state index contributed by atoms with van der Waals surface area (Å²) in [5, 5.41) is 9.58. The van der Waals surface area contributed by atoms with E-state index in [1.165, 1.54) is 12.8 Å². The van der Waals surface area contributed by atoms with E-state index < -0.39 is 11.1 Å². The van der Waals surface area contributed by atoms with Gasteiger partial charge >= 0.3 is 6.09 Å². The molecule has 4 heteroatoms. The van der Waals surface area contributed by atoms with Crippen LogP contribution in [0.2, 0.25) is 0 Å². The molecule has 1 heterocycles. The zero-order chi connectivity index (χ0) is 14.3. The Morgan fingerprint density at radius 3 is 2.58 bits per heavy atom. The van der Waals surface area contributed by atoms with E-state index in [1.54, 1.807) is 4.90 Å². The smallest absolute Gasteiger partial charge is 0.411 e. The predicted octanol–water partition coefficient (Wildman–Crippen LogP) is 3.33. The lowest BCUT2D eigenvalue weighted by Crippen LogP contribution is -2.49. The van der Waals surface area contributed by atoms with Crippen molar-refractivity contribution in [2.45, 2.75) is 64.5 Å². The predicted molar refractivity (Wildman–Crippen MR) is 72.4 cm³/mol. The second-order valence-electron chi connectivity index (χ2n) is 7.00. The van der Waals surface area contributed by atoms with Gasteiger partial charge in [-0.2, -0.15) is 5.26 Å². The van der Waals surface area contributed by atoms with E-state index >= 15 is 0 Å². The van der Waals surface area contributed by atoms with Gasteiger partial charge in [0.15, 0.2) is 0 Å². The van der Waals surface area contributed by atoms with E-state index in [0.717, 1.165) is 12.8 Å². The number of rotatable bonds is 0. The zero-order valence-electron chi connectivity index (χ0n) is 12.4. The van der Waals surface area contributed by atoms with Crippen molar-refractivity contribution in [1.82, 2.24) is 4.90 Å². The van der Waals surface area contributed by atoms with Gasteiger partial charge in [-0.1, -0.05) is 12.8 Å². The zero-order valence-corrected chi connectivity index (χ0v) is 12.4. The molecule has 0 N–H and O–H groups in total. The summed E-state index contributed by atoms with van der Waals surface area (Å²) in [6.07, 6.45) is 4.21. The average molecular weight is 264 g/mol. The standard InChI is InChI=1S/C15H24N2O2/c1-14(2,3)19-13(18)17-9-11-7-5-6-8-12(11)15(17,4)10-16/h11-12H,5-9H2,1-4H3. The Bertz CT molecular complexity index is 407. The minimum atomic E-state index is -0.701. The van der Waals surface area contributed by atoms with E-state index in [0.29, 0.717) is 18.4 Å². The topological polar surface area (TPSA) is 53.3 Å². The molecule has 19 heavy (non-hydrogen) atoms. The molecule has 3 atom stereocenters. The molecule has 2 fully saturated rings. The maximum absolute atomic E-state index is 12.3. The van der Waals surface area contributed by atoms with Gasteiger partial charge in [0.2, 0.25) is 0 Å². The van der Waals surface area contributed by atoms with Crippen LogP contribution in [-0.4, -0.2) is 28.7 Å². The Hall–Kier alpha value is -1.24. The van der Waals surface area contributed by atoms with Crippen LogP contribution < -0.4 is 0 Å². The molecular formula is C15H24N2O2. The van der Waals surface area contributed by atoms with Crippen molar-refractivity contribution >= 4 is 6.09 Å². The van der Waals surface area contributed by atoms with Crippen molar-refractivity contribution < 1.29 is 9.53 Å².